The highest BCUT2D eigenvalue weighted by Crippen LogP contribution is 2.41. The van der Waals surface area contributed by atoms with Crippen molar-refractivity contribution in [2.45, 2.75) is 62.8 Å². The lowest BCUT2D eigenvalue weighted by atomic mass is 9.78. The number of amides is 2. The summed E-state index contributed by atoms with van der Waals surface area (Å²) in [6, 6.07) is 7.78. The Morgan fingerprint density at radius 3 is 2.62 bits per heavy atom. The number of likely N-dealkylation sites (tertiary alicyclic amines) is 1. The second-order valence-electron chi connectivity index (χ2n) is 8.18. The standard InChI is InChI=1S/C21H27ClN2O2/c22-17-6-3-5-16(13-17)21(10-1-2-11-21)14-23-19(25)18-7-4-12-24(18)20(26)15-8-9-15/h3,5-6,13,15,18H,1-2,4,7-12,14H2,(H,23,25). The molecule has 1 heterocycles. The van der Waals surface area contributed by atoms with Crippen LogP contribution in [0.5, 0.6) is 0 Å². The van der Waals surface area contributed by atoms with Gasteiger partial charge in [0.25, 0.3) is 0 Å². The maximum Gasteiger partial charge on any atom is 0.242 e. The van der Waals surface area contributed by atoms with Crippen molar-refractivity contribution < 1.29 is 9.59 Å². The molecule has 0 bridgehead atoms. The average molecular weight is 375 g/mol. The molecule has 1 aromatic rings. The zero-order chi connectivity index (χ0) is 18.1. The van der Waals surface area contributed by atoms with Crippen molar-refractivity contribution in [2.75, 3.05) is 13.1 Å². The summed E-state index contributed by atoms with van der Waals surface area (Å²) in [5.41, 5.74) is 1.20. The predicted molar refractivity (Wildman–Crippen MR) is 102 cm³/mol. The fourth-order valence-corrected chi connectivity index (χ4v) is 4.87. The molecule has 1 saturated heterocycles. The molecule has 1 unspecified atom stereocenters. The van der Waals surface area contributed by atoms with Gasteiger partial charge in [-0.2, -0.15) is 0 Å². The van der Waals surface area contributed by atoms with Crippen LogP contribution in [0.2, 0.25) is 5.02 Å². The van der Waals surface area contributed by atoms with E-state index < -0.39 is 0 Å². The Hall–Kier alpha value is -1.55. The third kappa shape index (κ3) is 3.48. The minimum absolute atomic E-state index is 0.0183. The molecule has 0 spiro atoms. The average Bonchev–Trinajstić information content (AvgIpc) is 3.18. The Balaban J connectivity index is 1.44. The Morgan fingerprint density at radius 1 is 1.15 bits per heavy atom. The summed E-state index contributed by atoms with van der Waals surface area (Å²) in [6.07, 6.45) is 8.19. The molecule has 2 amide bonds. The lowest BCUT2D eigenvalue weighted by Gasteiger charge is -2.32. The molecule has 5 heteroatoms. The molecule has 0 radical (unpaired) electrons. The van der Waals surface area contributed by atoms with Gasteiger partial charge in [-0.1, -0.05) is 36.6 Å². The van der Waals surface area contributed by atoms with Crippen molar-refractivity contribution >= 4 is 23.4 Å². The summed E-state index contributed by atoms with van der Waals surface area (Å²) in [6.45, 7) is 1.36. The quantitative estimate of drug-likeness (QED) is 0.854. The van der Waals surface area contributed by atoms with Crippen LogP contribution in [0.1, 0.15) is 56.9 Å². The summed E-state index contributed by atoms with van der Waals surface area (Å²) in [7, 11) is 0. The fraction of sp³-hybridized carbons (Fsp3) is 0.619. The number of halogens is 1. The monoisotopic (exact) mass is 374 g/mol. The topological polar surface area (TPSA) is 49.4 Å². The number of hydrogen-bond acceptors (Lipinski definition) is 2. The van der Waals surface area contributed by atoms with Crippen LogP contribution in [0.3, 0.4) is 0 Å². The molecule has 1 atom stereocenters. The summed E-state index contributed by atoms with van der Waals surface area (Å²) in [4.78, 5) is 27.1. The SMILES string of the molecule is O=C(NCC1(c2cccc(Cl)c2)CCCC1)C1CCCN1C(=O)C1CC1. The lowest BCUT2D eigenvalue weighted by Crippen LogP contribution is -2.49. The molecule has 0 aromatic heterocycles. The van der Waals surface area contributed by atoms with E-state index in [1.807, 2.05) is 23.1 Å². The smallest absolute Gasteiger partial charge is 0.242 e. The van der Waals surface area contributed by atoms with Gasteiger partial charge in [0.2, 0.25) is 11.8 Å². The second kappa shape index (κ2) is 7.22. The summed E-state index contributed by atoms with van der Waals surface area (Å²) >= 11 is 6.21. The van der Waals surface area contributed by atoms with Crippen molar-refractivity contribution in [3.63, 3.8) is 0 Å². The molecule has 2 aliphatic carbocycles. The number of hydrogen-bond donors (Lipinski definition) is 1. The van der Waals surface area contributed by atoms with Crippen molar-refractivity contribution in [2.24, 2.45) is 5.92 Å². The van der Waals surface area contributed by atoms with Gasteiger partial charge in [-0.05, 0) is 56.2 Å². The highest BCUT2D eigenvalue weighted by atomic mass is 35.5. The number of rotatable bonds is 5. The van der Waals surface area contributed by atoms with Gasteiger partial charge in [0, 0.05) is 29.4 Å². The Labute approximate surface area is 160 Å². The molecule has 140 valence electrons. The zero-order valence-corrected chi connectivity index (χ0v) is 15.9. The van der Waals surface area contributed by atoms with Crippen molar-refractivity contribution in [1.29, 1.82) is 0 Å². The maximum absolute atomic E-state index is 12.9. The van der Waals surface area contributed by atoms with E-state index in [1.54, 1.807) is 0 Å². The van der Waals surface area contributed by atoms with E-state index in [1.165, 1.54) is 18.4 Å². The van der Waals surface area contributed by atoms with Crippen LogP contribution in [0.4, 0.5) is 0 Å². The van der Waals surface area contributed by atoms with Gasteiger partial charge in [0.1, 0.15) is 6.04 Å². The van der Waals surface area contributed by atoms with Crippen LogP contribution in [0, 0.1) is 5.92 Å². The molecule has 1 aliphatic heterocycles. The van der Waals surface area contributed by atoms with E-state index in [9.17, 15) is 9.59 Å². The van der Waals surface area contributed by atoms with Crippen LogP contribution in [0.25, 0.3) is 0 Å². The molecule has 4 nitrogen and oxygen atoms in total. The number of nitrogens with zero attached hydrogens (tertiary/aromatic N) is 1. The van der Waals surface area contributed by atoms with Crippen LogP contribution >= 0.6 is 11.6 Å². The van der Waals surface area contributed by atoms with E-state index in [0.29, 0.717) is 6.54 Å². The van der Waals surface area contributed by atoms with Crippen LogP contribution in [-0.4, -0.2) is 35.8 Å². The first-order valence-corrected chi connectivity index (χ1v) is 10.3. The number of nitrogens with one attached hydrogen (secondary N) is 1. The first-order chi connectivity index (χ1) is 12.6. The Bertz CT molecular complexity index is 695. The minimum Gasteiger partial charge on any atom is -0.353 e. The van der Waals surface area contributed by atoms with Crippen LogP contribution in [0.15, 0.2) is 24.3 Å². The predicted octanol–water partition coefficient (Wildman–Crippen LogP) is 3.67. The Kier molecular flexibility index (Phi) is 4.96. The van der Waals surface area contributed by atoms with Crippen molar-refractivity contribution in [3.05, 3.63) is 34.9 Å². The lowest BCUT2D eigenvalue weighted by molar-refractivity contribution is -0.139. The highest BCUT2D eigenvalue weighted by Gasteiger charge is 2.42. The molecule has 4 rings (SSSR count). The van der Waals surface area contributed by atoms with Crippen LogP contribution in [-0.2, 0) is 15.0 Å². The van der Waals surface area contributed by atoms with Gasteiger partial charge >= 0.3 is 0 Å². The zero-order valence-electron chi connectivity index (χ0n) is 15.2. The Morgan fingerprint density at radius 2 is 1.92 bits per heavy atom. The summed E-state index contributed by atoms with van der Waals surface area (Å²) in [5, 5.41) is 3.94. The second-order valence-corrected chi connectivity index (χ2v) is 8.62. The molecule has 1 N–H and O–H groups in total. The largest absolute Gasteiger partial charge is 0.353 e. The van der Waals surface area contributed by atoms with Gasteiger partial charge in [0.05, 0.1) is 0 Å². The minimum atomic E-state index is -0.277. The number of carbonyl (C=O) groups is 2. The molecule has 26 heavy (non-hydrogen) atoms. The van der Waals surface area contributed by atoms with E-state index >= 15 is 0 Å². The van der Waals surface area contributed by atoms with Crippen molar-refractivity contribution in [1.82, 2.24) is 10.2 Å². The van der Waals surface area contributed by atoms with E-state index in [2.05, 4.69) is 11.4 Å². The molecule has 2 saturated carbocycles. The highest BCUT2D eigenvalue weighted by molar-refractivity contribution is 6.30. The molecule has 3 fully saturated rings. The van der Waals surface area contributed by atoms with Crippen LogP contribution < -0.4 is 5.32 Å². The summed E-state index contributed by atoms with van der Waals surface area (Å²) < 4.78 is 0. The molecule has 3 aliphatic rings. The van der Waals surface area contributed by atoms with Gasteiger partial charge in [0.15, 0.2) is 0 Å². The van der Waals surface area contributed by atoms with E-state index in [0.717, 1.165) is 50.1 Å². The van der Waals surface area contributed by atoms with Gasteiger partial charge < -0.3 is 10.2 Å². The van der Waals surface area contributed by atoms with Crippen molar-refractivity contribution in [3.8, 4) is 0 Å². The molecular weight excluding hydrogens is 348 g/mol. The molecular formula is C21H27ClN2O2. The van der Waals surface area contributed by atoms with Gasteiger partial charge in [-0.25, -0.2) is 0 Å². The first kappa shape index (κ1) is 17.8. The normalized spacial score (nSPS) is 24.7. The third-order valence-corrected chi connectivity index (χ3v) is 6.60. The van der Waals surface area contributed by atoms with E-state index in [4.69, 9.17) is 11.6 Å². The number of benzene rings is 1. The third-order valence-electron chi connectivity index (χ3n) is 6.36. The number of carbonyl (C=O) groups excluding carboxylic acids is 2. The van der Waals surface area contributed by atoms with Gasteiger partial charge in [-0.15, -0.1) is 0 Å². The maximum atomic E-state index is 12.9. The molecule has 1 aromatic carbocycles. The van der Waals surface area contributed by atoms with Gasteiger partial charge in [-0.3, -0.25) is 9.59 Å². The van der Waals surface area contributed by atoms with E-state index in [-0.39, 0.29) is 29.2 Å². The first-order valence-electron chi connectivity index (χ1n) is 9.93. The summed E-state index contributed by atoms with van der Waals surface area (Å²) in [5.74, 6) is 0.383. The fourth-order valence-electron chi connectivity index (χ4n) is 4.68.